The number of ketones is 1. The molecule has 0 saturated carbocycles. The molecule has 2 heteroatoms. The Morgan fingerprint density at radius 1 is 1.35 bits per heavy atom. The third-order valence-electron chi connectivity index (χ3n) is 3.86. The standard InChI is InChI=1S/C18H26O2/c1-14(2)12-15-6-5-7-16(13-15)18(19)10-9-17-8-3-4-11-20-17/h5-7,13-14,17H,3-4,8-12H2,1-2H3. The lowest BCUT2D eigenvalue weighted by Gasteiger charge is -2.22. The Bertz CT molecular complexity index is 431. The van der Waals surface area contributed by atoms with Crippen LogP contribution < -0.4 is 0 Å². The van der Waals surface area contributed by atoms with Crippen LogP contribution in [0.15, 0.2) is 24.3 Å². The van der Waals surface area contributed by atoms with Crippen LogP contribution in [0.4, 0.5) is 0 Å². The number of carbonyl (C=O) groups excluding carboxylic acids is 1. The smallest absolute Gasteiger partial charge is 0.162 e. The zero-order valence-corrected chi connectivity index (χ0v) is 12.7. The molecule has 0 spiro atoms. The van der Waals surface area contributed by atoms with E-state index in [1.54, 1.807) is 0 Å². The summed E-state index contributed by atoms with van der Waals surface area (Å²) < 4.78 is 5.69. The minimum absolute atomic E-state index is 0.254. The maximum atomic E-state index is 12.3. The summed E-state index contributed by atoms with van der Waals surface area (Å²) in [7, 11) is 0. The number of hydrogen-bond acceptors (Lipinski definition) is 2. The van der Waals surface area contributed by atoms with Gasteiger partial charge in [0.25, 0.3) is 0 Å². The lowest BCUT2D eigenvalue weighted by Crippen LogP contribution is -2.20. The predicted octanol–water partition coefficient (Wildman–Crippen LogP) is 4.42. The second kappa shape index (κ2) is 7.58. The van der Waals surface area contributed by atoms with Crippen molar-refractivity contribution < 1.29 is 9.53 Å². The fourth-order valence-corrected chi connectivity index (χ4v) is 2.81. The van der Waals surface area contributed by atoms with Crippen molar-refractivity contribution in [2.75, 3.05) is 6.61 Å². The minimum Gasteiger partial charge on any atom is -0.378 e. The van der Waals surface area contributed by atoms with Crippen molar-refractivity contribution in [3.8, 4) is 0 Å². The molecule has 1 aromatic rings. The van der Waals surface area contributed by atoms with Gasteiger partial charge >= 0.3 is 0 Å². The first-order valence-electron chi connectivity index (χ1n) is 7.89. The quantitative estimate of drug-likeness (QED) is 0.718. The summed E-state index contributed by atoms with van der Waals surface area (Å²) in [5.74, 6) is 0.876. The van der Waals surface area contributed by atoms with Crippen molar-refractivity contribution in [1.29, 1.82) is 0 Å². The first-order chi connectivity index (χ1) is 9.65. The highest BCUT2D eigenvalue weighted by atomic mass is 16.5. The summed E-state index contributed by atoms with van der Waals surface area (Å²) >= 11 is 0. The zero-order chi connectivity index (χ0) is 14.4. The molecule has 1 aliphatic rings. The molecule has 20 heavy (non-hydrogen) atoms. The zero-order valence-electron chi connectivity index (χ0n) is 12.7. The van der Waals surface area contributed by atoms with Gasteiger partial charge in [0, 0.05) is 18.6 Å². The molecule has 1 atom stereocenters. The molecular formula is C18H26O2. The topological polar surface area (TPSA) is 26.3 Å². The lowest BCUT2D eigenvalue weighted by atomic mass is 9.97. The molecular weight excluding hydrogens is 248 g/mol. The number of benzene rings is 1. The van der Waals surface area contributed by atoms with Crippen molar-refractivity contribution in [3.63, 3.8) is 0 Å². The second-order valence-electron chi connectivity index (χ2n) is 6.25. The Balaban J connectivity index is 1.88. The summed E-state index contributed by atoms with van der Waals surface area (Å²) in [5, 5.41) is 0. The number of ether oxygens (including phenoxy) is 1. The molecule has 0 N–H and O–H groups in total. The number of rotatable bonds is 6. The van der Waals surface area contributed by atoms with Crippen molar-refractivity contribution in [2.45, 2.75) is 58.5 Å². The van der Waals surface area contributed by atoms with E-state index in [9.17, 15) is 4.79 Å². The van der Waals surface area contributed by atoms with Gasteiger partial charge in [-0.2, -0.15) is 0 Å². The van der Waals surface area contributed by atoms with Gasteiger partial charge in [0.2, 0.25) is 0 Å². The van der Waals surface area contributed by atoms with Crippen LogP contribution >= 0.6 is 0 Å². The van der Waals surface area contributed by atoms with Crippen molar-refractivity contribution in [1.82, 2.24) is 0 Å². The Morgan fingerprint density at radius 3 is 2.90 bits per heavy atom. The van der Waals surface area contributed by atoms with E-state index in [2.05, 4.69) is 26.0 Å². The molecule has 0 aromatic heterocycles. The van der Waals surface area contributed by atoms with Gasteiger partial charge < -0.3 is 4.74 Å². The van der Waals surface area contributed by atoms with Gasteiger partial charge in [-0.3, -0.25) is 4.79 Å². The molecule has 0 aliphatic carbocycles. The maximum absolute atomic E-state index is 12.3. The van der Waals surface area contributed by atoms with E-state index in [-0.39, 0.29) is 5.78 Å². The molecule has 1 fully saturated rings. The summed E-state index contributed by atoms with van der Waals surface area (Å²) in [6.45, 7) is 5.27. The highest BCUT2D eigenvalue weighted by Crippen LogP contribution is 2.19. The van der Waals surface area contributed by atoms with Gasteiger partial charge in [0.1, 0.15) is 0 Å². The molecule has 0 radical (unpaired) electrons. The molecule has 2 nitrogen and oxygen atoms in total. The molecule has 2 rings (SSSR count). The molecule has 110 valence electrons. The van der Waals surface area contributed by atoms with Crippen molar-refractivity contribution >= 4 is 5.78 Å². The fraction of sp³-hybridized carbons (Fsp3) is 0.611. The van der Waals surface area contributed by atoms with E-state index >= 15 is 0 Å². The van der Waals surface area contributed by atoms with Crippen LogP contribution in [0, 0.1) is 5.92 Å². The number of hydrogen-bond donors (Lipinski definition) is 0. The van der Waals surface area contributed by atoms with Gasteiger partial charge in [-0.05, 0) is 49.7 Å². The van der Waals surface area contributed by atoms with Crippen LogP contribution in [0.2, 0.25) is 0 Å². The number of Topliss-reactive ketones (excluding diaryl/α,β-unsaturated/α-hetero) is 1. The average Bonchev–Trinajstić information content (AvgIpc) is 2.45. The Morgan fingerprint density at radius 2 is 2.20 bits per heavy atom. The SMILES string of the molecule is CC(C)Cc1cccc(C(=O)CCC2CCCCO2)c1. The third kappa shape index (κ3) is 4.75. The first kappa shape index (κ1) is 15.2. The van der Waals surface area contributed by atoms with E-state index in [1.807, 2.05) is 12.1 Å². The highest BCUT2D eigenvalue weighted by Gasteiger charge is 2.16. The molecule has 0 amide bonds. The van der Waals surface area contributed by atoms with Gasteiger partial charge in [0.05, 0.1) is 6.10 Å². The molecule has 1 aromatic carbocycles. The van der Waals surface area contributed by atoms with Crippen LogP contribution in [0.3, 0.4) is 0 Å². The molecule has 1 heterocycles. The maximum Gasteiger partial charge on any atom is 0.162 e. The monoisotopic (exact) mass is 274 g/mol. The van der Waals surface area contributed by atoms with Crippen LogP contribution in [0.1, 0.15) is 61.9 Å². The normalized spacial score (nSPS) is 19.2. The molecule has 1 unspecified atom stereocenters. The van der Waals surface area contributed by atoms with Gasteiger partial charge in [-0.15, -0.1) is 0 Å². The van der Waals surface area contributed by atoms with E-state index in [4.69, 9.17) is 4.74 Å². The Kier molecular flexibility index (Phi) is 5.78. The average molecular weight is 274 g/mol. The van der Waals surface area contributed by atoms with Gasteiger partial charge in [0.15, 0.2) is 5.78 Å². The first-order valence-corrected chi connectivity index (χ1v) is 7.89. The van der Waals surface area contributed by atoms with Gasteiger partial charge in [-0.25, -0.2) is 0 Å². The summed E-state index contributed by atoms with van der Waals surface area (Å²) in [6.07, 6.45) is 6.33. The summed E-state index contributed by atoms with van der Waals surface area (Å²) in [5.41, 5.74) is 2.12. The molecule has 0 bridgehead atoms. The predicted molar refractivity (Wildman–Crippen MR) is 82.1 cm³/mol. The molecule has 1 aliphatic heterocycles. The summed E-state index contributed by atoms with van der Waals surface area (Å²) in [6, 6.07) is 8.11. The lowest BCUT2D eigenvalue weighted by molar-refractivity contribution is 0.0104. The van der Waals surface area contributed by atoms with Crippen molar-refractivity contribution in [2.24, 2.45) is 5.92 Å². The van der Waals surface area contributed by atoms with E-state index in [0.29, 0.717) is 18.4 Å². The van der Waals surface area contributed by atoms with Crippen molar-refractivity contribution in [3.05, 3.63) is 35.4 Å². The minimum atomic E-state index is 0.254. The Hall–Kier alpha value is -1.15. The highest BCUT2D eigenvalue weighted by molar-refractivity contribution is 5.96. The Labute approximate surface area is 122 Å². The van der Waals surface area contributed by atoms with Crippen LogP contribution in [0.25, 0.3) is 0 Å². The molecule has 1 saturated heterocycles. The largest absolute Gasteiger partial charge is 0.378 e. The van der Waals surface area contributed by atoms with E-state index in [0.717, 1.165) is 31.4 Å². The van der Waals surface area contributed by atoms with Gasteiger partial charge in [-0.1, -0.05) is 32.0 Å². The summed E-state index contributed by atoms with van der Waals surface area (Å²) in [4.78, 5) is 12.3. The fourth-order valence-electron chi connectivity index (χ4n) is 2.81. The van der Waals surface area contributed by atoms with Crippen LogP contribution in [0.5, 0.6) is 0 Å². The third-order valence-corrected chi connectivity index (χ3v) is 3.86. The number of carbonyl (C=O) groups is 1. The van der Waals surface area contributed by atoms with Crippen LogP contribution in [-0.2, 0) is 11.2 Å². The van der Waals surface area contributed by atoms with E-state index < -0.39 is 0 Å². The second-order valence-corrected chi connectivity index (χ2v) is 6.25. The van der Waals surface area contributed by atoms with Crippen LogP contribution in [-0.4, -0.2) is 18.5 Å². The van der Waals surface area contributed by atoms with E-state index in [1.165, 1.54) is 18.4 Å².